The third-order valence-electron chi connectivity index (χ3n) is 4.78. The van der Waals surface area contributed by atoms with E-state index in [4.69, 9.17) is 9.47 Å². The highest BCUT2D eigenvalue weighted by Gasteiger charge is 2.46. The first-order valence-corrected chi connectivity index (χ1v) is 8.39. The fourth-order valence-electron chi connectivity index (χ4n) is 3.22. The predicted octanol–water partition coefficient (Wildman–Crippen LogP) is 2.79. The molecule has 1 aliphatic carbocycles. The molecule has 1 N–H and O–H groups in total. The van der Waals surface area contributed by atoms with E-state index in [0.717, 1.165) is 5.57 Å². The lowest BCUT2D eigenvalue weighted by Gasteiger charge is -2.29. The lowest BCUT2D eigenvalue weighted by atomic mass is 9.81. The van der Waals surface area contributed by atoms with Crippen LogP contribution in [0.1, 0.15) is 40.0 Å². The molecule has 0 aromatic rings. The Morgan fingerprint density at radius 2 is 2.12 bits per heavy atom. The van der Waals surface area contributed by atoms with Crippen LogP contribution in [0.2, 0.25) is 0 Å². The molecule has 1 aliphatic heterocycles. The first-order valence-electron chi connectivity index (χ1n) is 8.39. The molecular weight excluding hydrogens is 324 g/mol. The van der Waals surface area contributed by atoms with E-state index in [1.54, 1.807) is 6.92 Å². The molecule has 0 saturated carbocycles. The molecule has 2 aliphatic rings. The molecule has 1 saturated heterocycles. The summed E-state index contributed by atoms with van der Waals surface area (Å²) in [4.78, 5) is 36.2. The second-order valence-electron chi connectivity index (χ2n) is 6.67. The molecule has 0 unspecified atom stereocenters. The maximum atomic E-state index is 12.2. The lowest BCUT2D eigenvalue weighted by molar-refractivity contribution is -0.151. The van der Waals surface area contributed by atoms with Crippen molar-refractivity contribution in [1.82, 2.24) is 0 Å². The number of hydrogen-bond donors (Lipinski definition) is 1. The molecule has 0 aromatic carbocycles. The molecule has 0 aromatic heterocycles. The Kier molecular flexibility index (Phi) is 5.82. The Bertz CT molecular complexity index is 657. The highest BCUT2D eigenvalue weighted by Crippen LogP contribution is 2.38. The Morgan fingerprint density at radius 3 is 2.76 bits per heavy atom. The summed E-state index contributed by atoms with van der Waals surface area (Å²) in [6.07, 6.45) is 2.77. The van der Waals surface area contributed by atoms with Gasteiger partial charge >= 0.3 is 11.9 Å². The zero-order chi connectivity index (χ0) is 18.7. The third kappa shape index (κ3) is 4.18. The van der Waals surface area contributed by atoms with Gasteiger partial charge in [-0.2, -0.15) is 0 Å². The average Bonchev–Trinajstić information content (AvgIpc) is 2.84. The van der Waals surface area contributed by atoms with Crippen LogP contribution in [0, 0.1) is 11.8 Å². The van der Waals surface area contributed by atoms with Crippen LogP contribution in [0.4, 0.5) is 0 Å². The lowest BCUT2D eigenvalue weighted by Crippen LogP contribution is -2.36. The van der Waals surface area contributed by atoms with Gasteiger partial charge in [-0.05, 0) is 26.3 Å². The molecule has 6 nitrogen and oxygen atoms in total. The number of ketones is 1. The molecule has 0 spiro atoms. The number of aliphatic hydroxyl groups excluding tert-OH is 1. The SMILES string of the molecule is C=C1C(=O)O[C@@H]2C[C@@H](C)C(=O)C/C=C(\C)C[C@@H](OC(=O)/C(O)=C/C)[C@@H]12. The van der Waals surface area contributed by atoms with Crippen molar-refractivity contribution >= 4 is 17.7 Å². The molecule has 6 heteroatoms. The summed E-state index contributed by atoms with van der Waals surface area (Å²) in [5, 5.41) is 9.59. The molecule has 2 rings (SSSR count). The quantitative estimate of drug-likeness (QED) is 0.357. The van der Waals surface area contributed by atoms with Gasteiger partial charge in [0.05, 0.1) is 5.92 Å². The molecule has 25 heavy (non-hydrogen) atoms. The van der Waals surface area contributed by atoms with Crippen molar-refractivity contribution in [3.8, 4) is 0 Å². The molecule has 1 fully saturated rings. The average molecular weight is 348 g/mol. The largest absolute Gasteiger partial charge is 0.502 e. The summed E-state index contributed by atoms with van der Waals surface area (Å²) in [5.74, 6) is -2.63. The monoisotopic (exact) mass is 348 g/mol. The highest BCUT2D eigenvalue weighted by molar-refractivity contribution is 5.91. The van der Waals surface area contributed by atoms with Crippen LogP contribution in [0.5, 0.6) is 0 Å². The minimum Gasteiger partial charge on any atom is -0.502 e. The molecule has 0 amide bonds. The number of rotatable bonds is 2. The van der Waals surface area contributed by atoms with Crippen molar-refractivity contribution in [3.05, 3.63) is 35.6 Å². The fourth-order valence-corrected chi connectivity index (χ4v) is 3.22. The van der Waals surface area contributed by atoms with Gasteiger partial charge in [0, 0.05) is 24.3 Å². The molecule has 0 radical (unpaired) electrons. The van der Waals surface area contributed by atoms with E-state index in [1.807, 2.05) is 13.0 Å². The zero-order valence-electron chi connectivity index (χ0n) is 14.8. The van der Waals surface area contributed by atoms with Gasteiger partial charge in [-0.3, -0.25) is 4.79 Å². The summed E-state index contributed by atoms with van der Waals surface area (Å²) >= 11 is 0. The second kappa shape index (κ2) is 7.68. The van der Waals surface area contributed by atoms with Crippen LogP contribution >= 0.6 is 0 Å². The minimum atomic E-state index is -0.854. The van der Waals surface area contributed by atoms with Gasteiger partial charge < -0.3 is 14.6 Å². The van der Waals surface area contributed by atoms with E-state index >= 15 is 0 Å². The summed E-state index contributed by atoms with van der Waals surface area (Å²) in [6, 6.07) is 0. The maximum Gasteiger partial charge on any atom is 0.373 e. The third-order valence-corrected chi connectivity index (χ3v) is 4.78. The number of hydrogen-bond acceptors (Lipinski definition) is 6. The first-order chi connectivity index (χ1) is 11.7. The van der Waals surface area contributed by atoms with E-state index in [0.29, 0.717) is 19.3 Å². The van der Waals surface area contributed by atoms with Crippen LogP contribution in [-0.2, 0) is 23.9 Å². The number of Topliss-reactive ketones (excluding diaryl/α,β-unsaturated/α-hetero) is 1. The van der Waals surface area contributed by atoms with Gasteiger partial charge in [0.1, 0.15) is 18.0 Å². The second-order valence-corrected chi connectivity index (χ2v) is 6.67. The van der Waals surface area contributed by atoms with E-state index in [9.17, 15) is 19.5 Å². The Labute approximate surface area is 147 Å². The maximum absolute atomic E-state index is 12.2. The Balaban J connectivity index is 2.38. The van der Waals surface area contributed by atoms with Gasteiger partial charge in [-0.25, -0.2) is 9.59 Å². The summed E-state index contributed by atoms with van der Waals surface area (Å²) < 4.78 is 10.8. The number of esters is 2. The van der Waals surface area contributed by atoms with Gasteiger partial charge in [-0.15, -0.1) is 0 Å². The predicted molar refractivity (Wildman–Crippen MR) is 90.6 cm³/mol. The first kappa shape index (κ1) is 19.0. The summed E-state index contributed by atoms with van der Waals surface area (Å²) in [6.45, 7) is 8.95. The Morgan fingerprint density at radius 1 is 1.44 bits per heavy atom. The van der Waals surface area contributed by atoms with Crippen LogP contribution in [-0.4, -0.2) is 35.0 Å². The number of carbonyl (C=O) groups excluding carboxylic acids is 3. The molecule has 1 heterocycles. The summed E-state index contributed by atoms with van der Waals surface area (Å²) in [7, 11) is 0. The van der Waals surface area contributed by atoms with Crippen LogP contribution < -0.4 is 0 Å². The normalized spacial score (nSPS) is 33.2. The van der Waals surface area contributed by atoms with E-state index in [1.165, 1.54) is 13.0 Å². The number of ether oxygens (including phenoxy) is 2. The number of fused-ring (bicyclic) bond motifs is 1. The van der Waals surface area contributed by atoms with Crippen molar-refractivity contribution in [1.29, 1.82) is 0 Å². The van der Waals surface area contributed by atoms with Crippen LogP contribution in [0.15, 0.2) is 35.6 Å². The van der Waals surface area contributed by atoms with Crippen molar-refractivity contribution in [2.75, 3.05) is 0 Å². The van der Waals surface area contributed by atoms with Crippen molar-refractivity contribution < 1.29 is 29.0 Å². The van der Waals surface area contributed by atoms with Crippen LogP contribution in [0.3, 0.4) is 0 Å². The van der Waals surface area contributed by atoms with Gasteiger partial charge in [0.2, 0.25) is 0 Å². The number of aliphatic hydroxyl groups is 1. The number of carbonyl (C=O) groups is 3. The topological polar surface area (TPSA) is 89.9 Å². The molecule has 4 atom stereocenters. The minimum absolute atomic E-state index is 0.0775. The van der Waals surface area contributed by atoms with E-state index in [2.05, 4.69) is 6.58 Å². The zero-order valence-corrected chi connectivity index (χ0v) is 14.8. The van der Waals surface area contributed by atoms with Gasteiger partial charge in [0.25, 0.3) is 0 Å². The molecule has 0 bridgehead atoms. The van der Waals surface area contributed by atoms with Crippen molar-refractivity contribution in [2.45, 2.75) is 52.2 Å². The Hall–Kier alpha value is -2.37. The van der Waals surface area contributed by atoms with Crippen LogP contribution in [0.25, 0.3) is 0 Å². The molecular formula is C19H24O6. The fraction of sp³-hybridized carbons (Fsp3) is 0.526. The smallest absolute Gasteiger partial charge is 0.373 e. The highest BCUT2D eigenvalue weighted by atomic mass is 16.6. The van der Waals surface area contributed by atoms with Gasteiger partial charge in [0.15, 0.2) is 5.76 Å². The van der Waals surface area contributed by atoms with E-state index in [-0.39, 0.29) is 17.3 Å². The van der Waals surface area contributed by atoms with Crippen molar-refractivity contribution in [3.63, 3.8) is 0 Å². The standard InChI is InChI=1S/C19H24O6/c1-5-13(20)19(23)25-15-8-10(2)6-7-14(21)11(3)9-16-17(15)12(4)18(22)24-16/h5-6,11,15-17,20H,4,7-9H2,1-3H3/b10-6+,13-5-/t11-,15-,16-,17-/m1/s1. The van der Waals surface area contributed by atoms with Gasteiger partial charge in [-0.1, -0.05) is 25.2 Å². The van der Waals surface area contributed by atoms with Crippen molar-refractivity contribution in [2.24, 2.45) is 11.8 Å². The van der Waals surface area contributed by atoms with E-state index < -0.39 is 35.8 Å². The number of allylic oxidation sites excluding steroid dienone is 2. The molecule has 136 valence electrons. The summed E-state index contributed by atoms with van der Waals surface area (Å²) in [5.41, 5.74) is 1.10.